The van der Waals surface area contributed by atoms with Gasteiger partial charge in [0.2, 0.25) is 5.91 Å². The Hall–Kier alpha value is -1.000. The molecule has 0 unspecified atom stereocenters. The van der Waals surface area contributed by atoms with Crippen LogP contribution in [0.2, 0.25) is 0 Å². The molecule has 0 saturated carbocycles. The molecule has 0 spiro atoms. The van der Waals surface area contributed by atoms with Gasteiger partial charge in [-0.25, -0.2) is 5.43 Å². The van der Waals surface area contributed by atoms with Crippen molar-refractivity contribution < 1.29 is 13.9 Å². The number of rotatable bonds is 6. The van der Waals surface area contributed by atoms with E-state index in [1.54, 1.807) is 13.2 Å². The van der Waals surface area contributed by atoms with Crippen molar-refractivity contribution in [2.75, 3.05) is 12.9 Å². The molecule has 8 heteroatoms. The number of methoxy groups -OCH3 is 1. The van der Waals surface area contributed by atoms with Gasteiger partial charge in [0.1, 0.15) is 11.5 Å². The van der Waals surface area contributed by atoms with Crippen molar-refractivity contribution in [2.45, 2.75) is 4.90 Å². The summed E-state index contributed by atoms with van der Waals surface area (Å²) in [7, 11) is 1.62. The predicted octanol–water partition coefficient (Wildman–Crippen LogP) is 3.90. The highest BCUT2D eigenvalue weighted by Crippen LogP contribution is 2.22. The van der Waals surface area contributed by atoms with E-state index in [1.165, 1.54) is 18.0 Å². The van der Waals surface area contributed by atoms with Crippen LogP contribution >= 0.6 is 50.3 Å². The van der Waals surface area contributed by atoms with E-state index in [9.17, 15) is 4.79 Å². The Balaban J connectivity index is 1.77. The van der Waals surface area contributed by atoms with Gasteiger partial charge in [0.05, 0.1) is 23.5 Å². The van der Waals surface area contributed by atoms with Crippen LogP contribution in [0.4, 0.5) is 0 Å². The van der Waals surface area contributed by atoms with Crippen LogP contribution in [-0.2, 0) is 4.79 Å². The zero-order valence-electron chi connectivity index (χ0n) is 11.5. The van der Waals surface area contributed by atoms with E-state index >= 15 is 0 Å². The van der Waals surface area contributed by atoms with Gasteiger partial charge in [0, 0.05) is 33.6 Å². The highest BCUT2D eigenvalue weighted by Gasteiger charge is 2.04. The summed E-state index contributed by atoms with van der Waals surface area (Å²) in [6.45, 7) is 0. The first kappa shape index (κ1) is 17.4. The lowest BCUT2D eigenvalue weighted by Gasteiger charge is -2.02. The summed E-state index contributed by atoms with van der Waals surface area (Å²) >= 11 is 6.82. The van der Waals surface area contributed by atoms with E-state index in [2.05, 4.69) is 49.0 Å². The van der Waals surface area contributed by atoms with Crippen LogP contribution < -0.4 is 10.2 Å². The lowest BCUT2D eigenvalue weighted by Crippen LogP contribution is -2.19. The van der Waals surface area contributed by atoms with Crippen LogP contribution in [-0.4, -0.2) is 25.0 Å². The number of carbonyl (C=O) groups is 1. The molecule has 116 valence electrons. The van der Waals surface area contributed by atoms with E-state index in [1.807, 2.05) is 24.3 Å². The molecule has 1 heterocycles. The maximum Gasteiger partial charge on any atom is 0.250 e. The minimum absolute atomic E-state index is 0.183. The molecular weight excluding hydrogens is 483 g/mol. The summed E-state index contributed by atoms with van der Waals surface area (Å²) in [5.41, 5.74) is 2.46. The zero-order chi connectivity index (χ0) is 15.9. The summed E-state index contributed by atoms with van der Waals surface area (Å²) in [6, 6.07) is 9.30. The number of halogens is 2. The molecule has 0 aliphatic rings. The van der Waals surface area contributed by atoms with E-state index in [4.69, 9.17) is 9.15 Å². The molecule has 1 aromatic carbocycles. The van der Waals surface area contributed by atoms with Crippen LogP contribution in [0.25, 0.3) is 0 Å². The third kappa shape index (κ3) is 5.33. The number of hydrogen-bond acceptors (Lipinski definition) is 5. The molecule has 0 bridgehead atoms. The lowest BCUT2D eigenvalue weighted by atomic mass is 10.3. The topological polar surface area (TPSA) is 63.8 Å². The number of hydrazone groups is 1. The first-order valence-corrected chi connectivity index (χ1v) is 8.98. The summed E-state index contributed by atoms with van der Waals surface area (Å²) in [6.07, 6.45) is 1.46. The Bertz CT molecular complexity index is 654. The normalized spacial score (nSPS) is 10.9. The van der Waals surface area contributed by atoms with E-state index < -0.39 is 0 Å². The van der Waals surface area contributed by atoms with Crippen molar-refractivity contribution in [1.82, 2.24) is 5.43 Å². The highest BCUT2D eigenvalue weighted by molar-refractivity contribution is 14.1. The molecule has 1 N–H and O–H groups in total. The average Bonchev–Trinajstić information content (AvgIpc) is 2.84. The molecule has 2 aromatic rings. The quantitative estimate of drug-likeness (QED) is 0.286. The summed E-state index contributed by atoms with van der Waals surface area (Å²) in [5, 5.41) is 3.86. The van der Waals surface area contributed by atoms with Crippen molar-refractivity contribution in [3.63, 3.8) is 0 Å². The fourth-order valence-corrected chi connectivity index (χ4v) is 2.86. The standard InChI is InChI=1S/C14H12BrIN2O3S/c1-20-9-2-4-11(5-3-9)22-8-13(19)18-17-7-10-6-12(15)14(16)21-10/h2-7H,8H2,1H3,(H,18,19)/b17-7+. The molecule has 5 nitrogen and oxygen atoms in total. The number of amides is 1. The van der Waals surface area contributed by atoms with Crippen molar-refractivity contribution >= 4 is 62.4 Å². The number of nitrogens with one attached hydrogen (secondary N) is 1. The Morgan fingerprint density at radius 2 is 2.23 bits per heavy atom. The predicted molar refractivity (Wildman–Crippen MR) is 98.6 cm³/mol. The van der Waals surface area contributed by atoms with Gasteiger partial charge in [-0.3, -0.25) is 4.79 Å². The first-order valence-electron chi connectivity index (χ1n) is 6.12. The van der Waals surface area contributed by atoms with Gasteiger partial charge in [0.25, 0.3) is 0 Å². The molecule has 22 heavy (non-hydrogen) atoms. The molecule has 0 atom stereocenters. The molecule has 1 amide bonds. The van der Waals surface area contributed by atoms with Crippen molar-refractivity contribution in [1.29, 1.82) is 0 Å². The number of benzene rings is 1. The average molecular weight is 495 g/mol. The maximum absolute atomic E-state index is 11.7. The van der Waals surface area contributed by atoms with E-state index in [0.29, 0.717) is 5.76 Å². The molecule has 0 aliphatic heterocycles. The van der Waals surface area contributed by atoms with Gasteiger partial charge in [0.15, 0.2) is 3.77 Å². The zero-order valence-corrected chi connectivity index (χ0v) is 16.1. The van der Waals surface area contributed by atoms with Gasteiger partial charge in [-0.15, -0.1) is 11.8 Å². The highest BCUT2D eigenvalue weighted by atomic mass is 127. The number of ether oxygens (including phenoxy) is 1. The number of carbonyl (C=O) groups excluding carboxylic acids is 1. The van der Waals surface area contributed by atoms with Gasteiger partial charge in [-0.05, 0) is 40.2 Å². The van der Waals surface area contributed by atoms with Gasteiger partial charge in [-0.2, -0.15) is 5.10 Å². The second kappa shape index (κ2) is 8.59. The van der Waals surface area contributed by atoms with Crippen LogP contribution in [0.15, 0.2) is 49.2 Å². The number of furan rings is 1. The molecular formula is C14H12BrIN2O3S. The van der Waals surface area contributed by atoms with Crippen molar-refractivity contribution in [3.8, 4) is 5.75 Å². The smallest absolute Gasteiger partial charge is 0.250 e. The van der Waals surface area contributed by atoms with Gasteiger partial charge in [-0.1, -0.05) is 0 Å². The number of nitrogens with zero attached hydrogens (tertiary/aromatic N) is 1. The Morgan fingerprint density at radius 3 is 2.82 bits per heavy atom. The fraction of sp³-hybridized carbons (Fsp3) is 0.143. The van der Waals surface area contributed by atoms with Crippen molar-refractivity contribution in [2.24, 2.45) is 5.10 Å². The maximum atomic E-state index is 11.7. The second-order valence-corrected chi connectivity index (χ2v) is 6.91. The van der Waals surface area contributed by atoms with Crippen LogP contribution in [0.5, 0.6) is 5.75 Å². The van der Waals surface area contributed by atoms with Crippen LogP contribution in [0.3, 0.4) is 0 Å². The van der Waals surface area contributed by atoms with Crippen molar-refractivity contribution in [3.05, 3.63) is 44.3 Å². The molecule has 0 fully saturated rings. The molecule has 0 saturated heterocycles. The summed E-state index contributed by atoms with van der Waals surface area (Å²) in [5.74, 6) is 1.46. The Morgan fingerprint density at radius 1 is 1.50 bits per heavy atom. The lowest BCUT2D eigenvalue weighted by molar-refractivity contribution is -0.118. The SMILES string of the molecule is COc1ccc(SCC(=O)N/N=C/c2cc(Br)c(I)o2)cc1. The minimum Gasteiger partial charge on any atom is -0.497 e. The third-order valence-electron chi connectivity index (χ3n) is 2.47. The largest absolute Gasteiger partial charge is 0.497 e. The minimum atomic E-state index is -0.183. The van der Waals surface area contributed by atoms with Gasteiger partial charge < -0.3 is 9.15 Å². The molecule has 0 aliphatic carbocycles. The van der Waals surface area contributed by atoms with E-state index in [-0.39, 0.29) is 11.7 Å². The van der Waals surface area contributed by atoms with Gasteiger partial charge >= 0.3 is 0 Å². The summed E-state index contributed by atoms with van der Waals surface area (Å²) < 4.78 is 12.0. The first-order chi connectivity index (χ1) is 10.6. The second-order valence-electron chi connectivity index (χ2n) is 4.03. The monoisotopic (exact) mass is 494 g/mol. The molecule has 2 rings (SSSR count). The number of hydrogen-bond donors (Lipinski definition) is 1. The van der Waals surface area contributed by atoms with Crippen LogP contribution in [0.1, 0.15) is 5.76 Å². The van der Waals surface area contributed by atoms with Crippen LogP contribution in [0, 0.1) is 3.77 Å². The Labute approximate surface area is 154 Å². The summed E-state index contributed by atoms with van der Waals surface area (Å²) in [4.78, 5) is 12.7. The van der Waals surface area contributed by atoms with E-state index in [0.717, 1.165) is 18.9 Å². The third-order valence-corrected chi connectivity index (χ3v) is 5.62. The fourth-order valence-electron chi connectivity index (χ4n) is 1.45. The molecule has 1 aromatic heterocycles. The number of thioether (sulfide) groups is 1. The molecule has 0 radical (unpaired) electrons. The Kier molecular flexibility index (Phi) is 6.77.